The fraction of sp³-hybridized carbons (Fsp3) is 0. The molecule has 0 aliphatic heterocycles. The second kappa shape index (κ2) is 6.50. The number of carbonyl (C=O) groups excluding carboxylic acids is 1. The van der Waals surface area contributed by atoms with E-state index in [1.54, 1.807) is 0 Å². The Morgan fingerprint density at radius 2 is 1.64 bits per heavy atom. The van der Waals surface area contributed by atoms with Crippen LogP contribution < -0.4 is 11.3 Å². The van der Waals surface area contributed by atoms with Crippen molar-refractivity contribution in [2.24, 2.45) is 0 Å². The minimum absolute atomic E-state index is 0. The number of allylic oxidation sites excluding steroid dienone is 2. The van der Waals surface area contributed by atoms with E-state index in [0.29, 0.717) is 0 Å². The second-order valence-electron chi connectivity index (χ2n) is 1.38. The topological polar surface area (TPSA) is 114 Å². The zero-order valence-electron chi connectivity index (χ0n) is 5.98. The predicted octanol–water partition coefficient (Wildman–Crippen LogP) is -0.690. The van der Waals surface area contributed by atoms with Gasteiger partial charge in [-0.15, -0.1) is 0 Å². The number of hydrogen-bond donors (Lipinski definition) is 2. The van der Waals surface area contributed by atoms with Crippen molar-refractivity contribution in [2.45, 2.75) is 0 Å². The first-order valence-electron chi connectivity index (χ1n) is 2.41. The van der Waals surface area contributed by atoms with Gasteiger partial charge in [0.05, 0.1) is 5.97 Å². The number of carboxylic acids is 2. The number of carboxylic acid groups (broad SMARTS) is 2. The number of rotatable bonds is 3. The van der Waals surface area contributed by atoms with E-state index in [1.807, 2.05) is 0 Å². The summed E-state index contributed by atoms with van der Waals surface area (Å²) < 4.78 is 0. The summed E-state index contributed by atoms with van der Waals surface area (Å²) in [6.07, 6.45) is 3.72. The Morgan fingerprint density at radius 3 is 2.00 bits per heavy atom. The lowest BCUT2D eigenvalue weighted by Crippen LogP contribution is -2.18. The summed E-state index contributed by atoms with van der Waals surface area (Å²) in [7, 11) is 0. The average Bonchev–Trinajstić information content (AvgIpc) is 1.79. The molecule has 0 amide bonds. The van der Waals surface area contributed by atoms with E-state index in [9.17, 15) is 14.7 Å². The first kappa shape index (κ1) is 12.1. The Balaban J connectivity index is 0. The molecule has 0 atom stereocenters. The van der Waals surface area contributed by atoms with Crippen LogP contribution >= 0.6 is 0 Å². The van der Waals surface area contributed by atoms with Crippen molar-refractivity contribution < 1.29 is 19.8 Å². The van der Waals surface area contributed by atoms with Crippen LogP contribution in [-0.4, -0.2) is 17.0 Å². The standard InChI is InChI=1S/C6H6O4.H3N/c7-5(8)3-1-2-4-6(9)10;/h1-4H,(H,7,8)(H,9,10);1H3/b3-1+,4-2+;. The quantitative estimate of drug-likeness (QED) is 0.419. The molecule has 0 aromatic rings. The van der Waals surface area contributed by atoms with Gasteiger partial charge in [0.15, 0.2) is 0 Å². The molecule has 0 rings (SSSR count). The molecule has 0 saturated heterocycles. The normalized spacial score (nSPS) is 9.82. The fourth-order valence-electron chi connectivity index (χ4n) is 0.272. The van der Waals surface area contributed by atoms with E-state index >= 15 is 0 Å². The number of quaternary nitrogens is 1. The van der Waals surface area contributed by atoms with Gasteiger partial charge in [0.25, 0.3) is 0 Å². The molecule has 0 aliphatic carbocycles. The highest BCUT2D eigenvalue weighted by atomic mass is 16.4. The van der Waals surface area contributed by atoms with Crippen LogP contribution in [0, 0.1) is 0 Å². The van der Waals surface area contributed by atoms with Crippen molar-refractivity contribution in [1.29, 1.82) is 0 Å². The molecule has 5 heteroatoms. The van der Waals surface area contributed by atoms with Crippen LogP contribution in [0.25, 0.3) is 0 Å². The summed E-state index contributed by atoms with van der Waals surface area (Å²) >= 11 is 0. The van der Waals surface area contributed by atoms with Gasteiger partial charge in [-0.1, -0.05) is 12.2 Å². The Labute approximate surface area is 63.2 Å². The molecular weight excluding hydrogens is 150 g/mol. The molecule has 0 heterocycles. The van der Waals surface area contributed by atoms with Gasteiger partial charge in [-0.3, -0.25) is 0 Å². The number of aliphatic carboxylic acids is 2. The van der Waals surface area contributed by atoms with Crippen LogP contribution in [0.4, 0.5) is 0 Å². The highest BCUT2D eigenvalue weighted by Gasteiger charge is 1.79. The molecular formula is C6H9NO4. The predicted molar refractivity (Wildman–Crippen MR) is 36.9 cm³/mol. The zero-order valence-corrected chi connectivity index (χ0v) is 5.98. The Hall–Kier alpha value is -1.62. The third-order valence-electron chi connectivity index (χ3n) is 0.582. The molecule has 0 saturated carbocycles. The molecule has 0 bridgehead atoms. The molecule has 5 nitrogen and oxygen atoms in total. The van der Waals surface area contributed by atoms with E-state index in [-0.39, 0.29) is 6.15 Å². The summed E-state index contributed by atoms with van der Waals surface area (Å²) in [6, 6.07) is 0. The smallest absolute Gasteiger partial charge is 0.328 e. The highest BCUT2D eigenvalue weighted by Crippen LogP contribution is 1.75. The minimum atomic E-state index is -1.35. The van der Waals surface area contributed by atoms with Crippen LogP contribution in [0.1, 0.15) is 0 Å². The summed E-state index contributed by atoms with van der Waals surface area (Å²) in [5.41, 5.74) is 0. The first-order valence-corrected chi connectivity index (χ1v) is 2.41. The van der Waals surface area contributed by atoms with Crippen molar-refractivity contribution in [3.8, 4) is 0 Å². The third kappa shape index (κ3) is 11.8. The Morgan fingerprint density at radius 1 is 1.18 bits per heavy atom. The molecule has 62 valence electrons. The van der Waals surface area contributed by atoms with Crippen LogP contribution in [0.2, 0.25) is 0 Å². The van der Waals surface area contributed by atoms with Crippen molar-refractivity contribution in [1.82, 2.24) is 6.15 Å². The van der Waals surface area contributed by atoms with Crippen LogP contribution in [-0.2, 0) is 9.59 Å². The summed E-state index contributed by atoms with van der Waals surface area (Å²) in [6.45, 7) is 0. The van der Waals surface area contributed by atoms with Gasteiger partial charge in [-0.2, -0.15) is 0 Å². The van der Waals surface area contributed by atoms with Gasteiger partial charge in [0.2, 0.25) is 0 Å². The lowest BCUT2D eigenvalue weighted by molar-refractivity contribution is -0.297. The first-order chi connectivity index (χ1) is 4.63. The average molecular weight is 159 g/mol. The van der Waals surface area contributed by atoms with Crippen molar-refractivity contribution in [2.75, 3.05) is 0 Å². The van der Waals surface area contributed by atoms with Gasteiger partial charge < -0.3 is 21.2 Å². The van der Waals surface area contributed by atoms with Gasteiger partial charge >= 0.3 is 5.97 Å². The van der Waals surface area contributed by atoms with E-state index < -0.39 is 11.9 Å². The minimum Gasteiger partial charge on any atom is -0.545 e. The molecule has 0 aromatic heterocycles. The van der Waals surface area contributed by atoms with Crippen molar-refractivity contribution in [3.63, 3.8) is 0 Å². The molecule has 5 N–H and O–H groups in total. The molecule has 0 fully saturated rings. The third-order valence-corrected chi connectivity index (χ3v) is 0.582. The molecule has 0 aromatic carbocycles. The number of hydrogen-bond acceptors (Lipinski definition) is 3. The largest absolute Gasteiger partial charge is 0.545 e. The molecule has 0 spiro atoms. The summed E-state index contributed by atoms with van der Waals surface area (Å²) in [5.74, 6) is -2.47. The van der Waals surface area contributed by atoms with Crippen LogP contribution in [0.3, 0.4) is 0 Å². The van der Waals surface area contributed by atoms with Crippen LogP contribution in [0.15, 0.2) is 24.3 Å². The molecule has 0 radical (unpaired) electrons. The molecule has 0 unspecified atom stereocenters. The van der Waals surface area contributed by atoms with E-state index in [2.05, 4.69) is 0 Å². The maximum absolute atomic E-state index is 9.76. The second-order valence-corrected chi connectivity index (χ2v) is 1.38. The Bertz CT molecular complexity index is 173. The van der Waals surface area contributed by atoms with Crippen molar-refractivity contribution >= 4 is 11.9 Å². The van der Waals surface area contributed by atoms with Gasteiger partial charge in [0.1, 0.15) is 0 Å². The zero-order chi connectivity index (χ0) is 7.98. The van der Waals surface area contributed by atoms with E-state index in [0.717, 1.165) is 24.3 Å². The SMILES string of the molecule is O=C([O-])/C=C/C=C/C(=O)O.[NH4+]. The highest BCUT2D eigenvalue weighted by molar-refractivity contribution is 5.81. The maximum Gasteiger partial charge on any atom is 0.328 e. The monoisotopic (exact) mass is 159 g/mol. The lowest BCUT2D eigenvalue weighted by atomic mass is 10.4. The summed E-state index contributed by atoms with van der Waals surface area (Å²) in [4.78, 5) is 19.4. The van der Waals surface area contributed by atoms with Gasteiger partial charge in [-0.05, 0) is 6.08 Å². The van der Waals surface area contributed by atoms with Gasteiger partial charge in [0, 0.05) is 6.08 Å². The maximum atomic E-state index is 9.76. The lowest BCUT2D eigenvalue weighted by Gasteiger charge is -1.85. The molecule has 11 heavy (non-hydrogen) atoms. The summed E-state index contributed by atoms with van der Waals surface area (Å²) in [5, 5.41) is 17.7. The molecule has 0 aliphatic rings. The van der Waals surface area contributed by atoms with E-state index in [4.69, 9.17) is 5.11 Å². The Kier molecular flexibility index (Phi) is 7.15. The number of carbonyl (C=O) groups is 2. The van der Waals surface area contributed by atoms with Crippen LogP contribution in [0.5, 0.6) is 0 Å². The van der Waals surface area contributed by atoms with E-state index in [1.165, 1.54) is 0 Å². The fourth-order valence-corrected chi connectivity index (χ4v) is 0.272. The van der Waals surface area contributed by atoms with Gasteiger partial charge in [-0.25, -0.2) is 4.79 Å². The van der Waals surface area contributed by atoms with Crippen molar-refractivity contribution in [3.05, 3.63) is 24.3 Å².